The summed E-state index contributed by atoms with van der Waals surface area (Å²) in [6.07, 6.45) is 3.96. The van der Waals surface area contributed by atoms with Gasteiger partial charge in [-0.2, -0.15) is 0 Å². The minimum absolute atomic E-state index is 0.0766. The number of benzene rings is 1. The number of carbonyl (C=O) groups excluding carboxylic acids is 1. The van der Waals surface area contributed by atoms with Gasteiger partial charge in [-0.15, -0.1) is 0 Å². The molecule has 0 aliphatic rings. The monoisotopic (exact) mass is 269 g/mol. The van der Waals surface area contributed by atoms with Gasteiger partial charge in [-0.05, 0) is 36.6 Å². The first-order valence-electron chi connectivity index (χ1n) is 6.66. The highest BCUT2D eigenvalue weighted by molar-refractivity contribution is 5.82. The van der Waals surface area contributed by atoms with Crippen molar-refractivity contribution in [3.05, 3.63) is 66.0 Å². The number of aromatic nitrogens is 1. The van der Waals surface area contributed by atoms with Crippen molar-refractivity contribution < 1.29 is 4.79 Å². The summed E-state index contributed by atoms with van der Waals surface area (Å²) in [4.78, 5) is 16.0. The first-order valence-corrected chi connectivity index (χ1v) is 6.66. The number of nitrogens with two attached hydrogens (primary N) is 1. The van der Waals surface area contributed by atoms with Crippen LogP contribution in [0.15, 0.2) is 54.9 Å². The lowest BCUT2D eigenvalue weighted by molar-refractivity contribution is -0.123. The van der Waals surface area contributed by atoms with Gasteiger partial charge < -0.3 is 11.1 Å². The normalized spacial score (nSPS) is 13.5. The van der Waals surface area contributed by atoms with Crippen molar-refractivity contribution in [3.8, 4) is 0 Å². The largest absolute Gasteiger partial charge is 0.348 e. The maximum absolute atomic E-state index is 12.1. The van der Waals surface area contributed by atoms with E-state index in [9.17, 15) is 4.79 Å². The molecule has 0 bridgehead atoms. The van der Waals surface area contributed by atoms with Gasteiger partial charge in [0.05, 0.1) is 12.1 Å². The fraction of sp³-hybridized carbons (Fsp3) is 0.250. The molecule has 0 aliphatic carbocycles. The Morgan fingerprint density at radius 2 is 1.85 bits per heavy atom. The molecule has 1 heterocycles. The first kappa shape index (κ1) is 14.2. The minimum atomic E-state index is -0.540. The molecule has 20 heavy (non-hydrogen) atoms. The van der Waals surface area contributed by atoms with Gasteiger partial charge in [0, 0.05) is 12.4 Å². The smallest absolute Gasteiger partial charge is 0.237 e. The third kappa shape index (κ3) is 3.90. The van der Waals surface area contributed by atoms with E-state index < -0.39 is 6.04 Å². The summed E-state index contributed by atoms with van der Waals surface area (Å²) in [7, 11) is 0. The average Bonchev–Trinajstić information content (AvgIpc) is 2.49. The summed E-state index contributed by atoms with van der Waals surface area (Å²) >= 11 is 0. The summed E-state index contributed by atoms with van der Waals surface area (Å²) in [5.41, 5.74) is 8.03. The van der Waals surface area contributed by atoms with E-state index in [4.69, 9.17) is 5.73 Å². The number of hydrogen-bond donors (Lipinski definition) is 2. The lowest BCUT2D eigenvalue weighted by atomic mass is 10.0. The third-order valence-electron chi connectivity index (χ3n) is 3.20. The molecule has 0 fully saturated rings. The van der Waals surface area contributed by atoms with Crippen molar-refractivity contribution in [2.75, 3.05) is 0 Å². The van der Waals surface area contributed by atoms with Gasteiger partial charge >= 0.3 is 0 Å². The molecule has 1 aromatic heterocycles. The molecule has 2 rings (SSSR count). The van der Waals surface area contributed by atoms with Gasteiger partial charge in [0.2, 0.25) is 5.91 Å². The van der Waals surface area contributed by atoms with Crippen LogP contribution in [0.3, 0.4) is 0 Å². The number of nitrogens with one attached hydrogen (secondary N) is 1. The lowest BCUT2D eigenvalue weighted by Gasteiger charge is -2.17. The molecule has 0 spiro atoms. The number of nitrogens with zero attached hydrogens (tertiary/aromatic N) is 1. The van der Waals surface area contributed by atoms with Crippen LogP contribution in [0.25, 0.3) is 0 Å². The van der Waals surface area contributed by atoms with Gasteiger partial charge in [-0.1, -0.05) is 30.3 Å². The van der Waals surface area contributed by atoms with Gasteiger partial charge in [0.15, 0.2) is 0 Å². The Morgan fingerprint density at radius 3 is 2.50 bits per heavy atom. The van der Waals surface area contributed by atoms with Crippen molar-refractivity contribution >= 4 is 5.91 Å². The van der Waals surface area contributed by atoms with Gasteiger partial charge in [-0.3, -0.25) is 9.78 Å². The zero-order valence-corrected chi connectivity index (χ0v) is 11.5. The van der Waals surface area contributed by atoms with Crippen molar-refractivity contribution in [1.29, 1.82) is 0 Å². The van der Waals surface area contributed by atoms with Crippen LogP contribution < -0.4 is 11.1 Å². The molecule has 0 saturated carbocycles. The molecule has 0 unspecified atom stereocenters. The van der Waals surface area contributed by atoms with E-state index >= 15 is 0 Å². The highest BCUT2D eigenvalue weighted by atomic mass is 16.2. The molecule has 4 nitrogen and oxygen atoms in total. The highest BCUT2D eigenvalue weighted by Crippen LogP contribution is 2.10. The van der Waals surface area contributed by atoms with E-state index in [1.807, 2.05) is 49.4 Å². The SMILES string of the molecule is C[C@@H](NC(=O)[C@@H](N)Cc1ccccc1)c1ccncc1. The lowest BCUT2D eigenvalue weighted by Crippen LogP contribution is -2.42. The van der Waals surface area contributed by atoms with Crippen LogP contribution in [0.1, 0.15) is 24.1 Å². The molecule has 1 aromatic carbocycles. The van der Waals surface area contributed by atoms with E-state index in [1.54, 1.807) is 12.4 Å². The van der Waals surface area contributed by atoms with Crippen LogP contribution in [0.5, 0.6) is 0 Å². The fourth-order valence-corrected chi connectivity index (χ4v) is 2.02. The Hall–Kier alpha value is -2.20. The quantitative estimate of drug-likeness (QED) is 0.870. The molecule has 2 atom stereocenters. The van der Waals surface area contributed by atoms with Crippen LogP contribution in [-0.4, -0.2) is 16.9 Å². The van der Waals surface area contributed by atoms with Crippen molar-refractivity contribution in [2.45, 2.75) is 25.4 Å². The number of pyridine rings is 1. The van der Waals surface area contributed by atoms with Crippen LogP contribution in [0.4, 0.5) is 0 Å². The summed E-state index contributed by atoms with van der Waals surface area (Å²) in [6.45, 7) is 1.93. The predicted octanol–water partition coefficient (Wildman–Crippen LogP) is 1.83. The van der Waals surface area contributed by atoms with E-state index in [0.717, 1.165) is 11.1 Å². The summed E-state index contributed by atoms with van der Waals surface area (Å²) in [6, 6.07) is 12.9. The predicted molar refractivity (Wildman–Crippen MR) is 78.9 cm³/mol. The Morgan fingerprint density at radius 1 is 1.20 bits per heavy atom. The molecule has 0 radical (unpaired) electrons. The van der Waals surface area contributed by atoms with Crippen molar-refractivity contribution in [1.82, 2.24) is 10.3 Å². The first-order chi connectivity index (χ1) is 9.66. The molecule has 104 valence electrons. The van der Waals surface area contributed by atoms with Gasteiger partial charge in [0.25, 0.3) is 0 Å². The Balaban J connectivity index is 1.91. The average molecular weight is 269 g/mol. The molecule has 3 N–H and O–H groups in total. The Bertz CT molecular complexity index is 542. The third-order valence-corrected chi connectivity index (χ3v) is 3.20. The maximum Gasteiger partial charge on any atom is 0.237 e. The van der Waals surface area contributed by atoms with E-state index in [0.29, 0.717) is 6.42 Å². The zero-order chi connectivity index (χ0) is 14.4. The summed E-state index contributed by atoms with van der Waals surface area (Å²) in [5, 5.41) is 2.92. The maximum atomic E-state index is 12.1. The summed E-state index contributed by atoms with van der Waals surface area (Å²) < 4.78 is 0. The molecule has 1 amide bonds. The van der Waals surface area contributed by atoms with Crippen LogP contribution >= 0.6 is 0 Å². The molecular formula is C16H19N3O. The van der Waals surface area contributed by atoms with E-state index in [-0.39, 0.29) is 11.9 Å². The number of carbonyl (C=O) groups is 1. The van der Waals surface area contributed by atoms with Gasteiger partial charge in [0.1, 0.15) is 0 Å². The van der Waals surface area contributed by atoms with Crippen LogP contribution in [-0.2, 0) is 11.2 Å². The molecule has 0 aliphatic heterocycles. The van der Waals surface area contributed by atoms with E-state index in [1.165, 1.54) is 0 Å². The summed E-state index contributed by atoms with van der Waals surface area (Å²) in [5.74, 6) is -0.141. The van der Waals surface area contributed by atoms with Crippen molar-refractivity contribution in [3.63, 3.8) is 0 Å². The van der Waals surface area contributed by atoms with E-state index in [2.05, 4.69) is 10.3 Å². The standard InChI is InChI=1S/C16H19N3O/c1-12(14-7-9-18-10-8-14)19-16(20)15(17)11-13-5-3-2-4-6-13/h2-10,12,15H,11,17H2,1H3,(H,19,20)/t12-,15+/m1/s1. The minimum Gasteiger partial charge on any atom is -0.348 e. The van der Waals surface area contributed by atoms with Crippen LogP contribution in [0, 0.1) is 0 Å². The number of amides is 1. The molecule has 4 heteroatoms. The van der Waals surface area contributed by atoms with Crippen LogP contribution in [0.2, 0.25) is 0 Å². The molecular weight excluding hydrogens is 250 g/mol. The Labute approximate surface area is 119 Å². The number of hydrogen-bond acceptors (Lipinski definition) is 3. The Kier molecular flexibility index (Phi) is 4.85. The van der Waals surface area contributed by atoms with Gasteiger partial charge in [-0.25, -0.2) is 0 Å². The van der Waals surface area contributed by atoms with Crippen molar-refractivity contribution in [2.24, 2.45) is 5.73 Å². The topological polar surface area (TPSA) is 68.0 Å². The second-order valence-corrected chi connectivity index (χ2v) is 4.81. The number of rotatable bonds is 5. The fourth-order valence-electron chi connectivity index (χ4n) is 2.02. The second-order valence-electron chi connectivity index (χ2n) is 4.81. The zero-order valence-electron chi connectivity index (χ0n) is 11.5. The molecule has 0 saturated heterocycles. The molecule has 2 aromatic rings. The second kappa shape index (κ2) is 6.82. The highest BCUT2D eigenvalue weighted by Gasteiger charge is 2.16.